The minimum atomic E-state index is -4.59. The molecule has 0 spiro atoms. The second-order valence-electron chi connectivity index (χ2n) is 5.60. The third-order valence-electron chi connectivity index (χ3n) is 3.62. The number of benzene rings is 1. The molecule has 0 aliphatic heterocycles. The zero-order valence-electron chi connectivity index (χ0n) is 13.9. The number of rotatable bonds is 3. The molecule has 0 atom stereocenters. The van der Waals surface area contributed by atoms with Gasteiger partial charge in [0.15, 0.2) is 4.67 Å². The number of hydrogen-bond donors (Lipinski definition) is 1. The summed E-state index contributed by atoms with van der Waals surface area (Å²) in [5, 5.41) is 2.21. The van der Waals surface area contributed by atoms with E-state index in [-0.39, 0.29) is 27.6 Å². The molecule has 12 heteroatoms. The summed E-state index contributed by atoms with van der Waals surface area (Å²) in [6, 6.07) is 5.33. The summed E-state index contributed by atoms with van der Waals surface area (Å²) in [5.41, 5.74) is -1.78. The van der Waals surface area contributed by atoms with Gasteiger partial charge in [-0.05, 0) is 40.2 Å². The zero-order chi connectivity index (χ0) is 21.4. The van der Waals surface area contributed by atoms with Gasteiger partial charge in [-0.25, -0.2) is 0 Å². The molecule has 0 aliphatic rings. The van der Waals surface area contributed by atoms with E-state index in [1.807, 2.05) is 0 Å². The average Bonchev–Trinajstić information content (AvgIpc) is 3.00. The minimum absolute atomic E-state index is 0.0351. The number of pyridine rings is 1. The fourth-order valence-corrected chi connectivity index (χ4v) is 2.68. The molecule has 2 heterocycles. The van der Waals surface area contributed by atoms with Crippen molar-refractivity contribution < 1.29 is 35.6 Å². The van der Waals surface area contributed by atoms with Crippen molar-refractivity contribution in [3.05, 3.63) is 64.1 Å². The molecule has 1 aromatic carbocycles. The first-order valence-electron chi connectivity index (χ1n) is 7.63. The second kappa shape index (κ2) is 7.50. The van der Waals surface area contributed by atoms with Gasteiger partial charge in [-0.1, -0.05) is 12.1 Å². The number of amides is 1. The molecule has 152 valence electrons. The van der Waals surface area contributed by atoms with Gasteiger partial charge in [-0.3, -0.25) is 15.1 Å². The highest BCUT2D eigenvalue weighted by Crippen LogP contribution is 2.34. The normalized spacial score (nSPS) is 12.1. The van der Waals surface area contributed by atoms with Crippen molar-refractivity contribution in [2.24, 2.45) is 0 Å². The Morgan fingerprint density at radius 3 is 2.03 bits per heavy atom. The maximum Gasteiger partial charge on any atom is 0.417 e. The van der Waals surface area contributed by atoms with Crippen LogP contribution in [0.3, 0.4) is 0 Å². The van der Waals surface area contributed by atoms with Crippen LogP contribution >= 0.6 is 15.9 Å². The number of carbonyl (C=O) groups is 1. The van der Waals surface area contributed by atoms with E-state index in [1.54, 1.807) is 0 Å². The van der Waals surface area contributed by atoms with Crippen LogP contribution in [0.4, 0.5) is 32.4 Å². The summed E-state index contributed by atoms with van der Waals surface area (Å²) in [7, 11) is 0. The molecule has 5 nitrogen and oxygen atoms in total. The standard InChI is InChI=1S/C17H8BrF6N3O2/c18-13-12(8-1-3-9(4-2-8)16(19,20)21)26-15(29-13)27-14(28)11-6-5-10(7-25-11)17(22,23)24/h1-7H,(H,26,27,28). The quantitative estimate of drug-likeness (QED) is 0.483. The van der Waals surface area contributed by atoms with Crippen LogP contribution in [0.1, 0.15) is 21.6 Å². The molecule has 1 amide bonds. The van der Waals surface area contributed by atoms with E-state index in [9.17, 15) is 31.1 Å². The molecular formula is C17H8BrF6N3O2. The smallest absolute Gasteiger partial charge is 0.416 e. The van der Waals surface area contributed by atoms with E-state index in [0.29, 0.717) is 12.3 Å². The summed E-state index contributed by atoms with van der Waals surface area (Å²) in [6.07, 6.45) is -8.58. The largest absolute Gasteiger partial charge is 0.417 e. The van der Waals surface area contributed by atoms with Crippen LogP contribution in [0.25, 0.3) is 11.3 Å². The van der Waals surface area contributed by atoms with Crippen molar-refractivity contribution in [3.8, 4) is 11.3 Å². The molecular weight excluding hydrogens is 472 g/mol. The maximum absolute atomic E-state index is 12.6. The van der Waals surface area contributed by atoms with E-state index in [4.69, 9.17) is 4.42 Å². The monoisotopic (exact) mass is 479 g/mol. The Labute approximate surface area is 166 Å². The summed E-state index contributed by atoms with van der Waals surface area (Å²) in [4.78, 5) is 19.5. The van der Waals surface area contributed by atoms with Crippen LogP contribution in [0.2, 0.25) is 0 Å². The van der Waals surface area contributed by atoms with Crippen LogP contribution in [0.5, 0.6) is 0 Å². The second-order valence-corrected chi connectivity index (χ2v) is 6.32. The molecule has 1 N–H and O–H groups in total. The van der Waals surface area contributed by atoms with Crippen LogP contribution in [0, 0.1) is 0 Å². The van der Waals surface area contributed by atoms with Gasteiger partial charge in [0.2, 0.25) is 0 Å². The number of aromatic nitrogens is 2. The molecule has 0 saturated carbocycles. The Bertz CT molecular complexity index is 1030. The fourth-order valence-electron chi connectivity index (χ4n) is 2.21. The number of carbonyl (C=O) groups excluding carboxylic acids is 1. The molecule has 29 heavy (non-hydrogen) atoms. The van der Waals surface area contributed by atoms with Crippen LogP contribution in [-0.2, 0) is 12.4 Å². The lowest BCUT2D eigenvalue weighted by Crippen LogP contribution is -2.15. The highest BCUT2D eigenvalue weighted by atomic mass is 79.9. The lowest BCUT2D eigenvalue weighted by molar-refractivity contribution is -0.138. The Balaban J connectivity index is 1.77. The number of hydrogen-bond acceptors (Lipinski definition) is 4. The Hall–Kier alpha value is -2.89. The third-order valence-corrected chi connectivity index (χ3v) is 4.15. The number of nitrogens with one attached hydrogen (secondary N) is 1. The Morgan fingerprint density at radius 1 is 0.931 bits per heavy atom. The zero-order valence-corrected chi connectivity index (χ0v) is 15.5. The first-order valence-corrected chi connectivity index (χ1v) is 8.43. The third kappa shape index (κ3) is 4.75. The molecule has 0 bridgehead atoms. The first-order chi connectivity index (χ1) is 13.4. The molecule has 3 rings (SSSR count). The van der Waals surface area contributed by atoms with E-state index >= 15 is 0 Å². The molecule has 0 unspecified atom stereocenters. The molecule has 3 aromatic rings. The number of oxazole rings is 1. The highest BCUT2D eigenvalue weighted by Gasteiger charge is 2.31. The van der Waals surface area contributed by atoms with Gasteiger partial charge >= 0.3 is 18.4 Å². The molecule has 0 saturated heterocycles. The average molecular weight is 480 g/mol. The Morgan fingerprint density at radius 2 is 1.52 bits per heavy atom. The topological polar surface area (TPSA) is 68.0 Å². The molecule has 0 fully saturated rings. The van der Waals surface area contributed by atoms with Gasteiger partial charge in [-0.15, -0.1) is 0 Å². The van der Waals surface area contributed by atoms with Gasteiger partial charge in [-0.2, -0.15) is 31.3 Å². The molecule has 0 radical (unpaired) electrons. The van der Waals surface area contributed by atoms with Crippen molar-refractivity contribution in [3.63, 3.8) is 0 Å². The van der Waals surface area contributed by atoms with E-state index < -0.39 is 29.4 Å². The lowest BCUT2D eigenvalue weighted by atomic mass is 10.1. The van der Waals surface area contributed by atoms with Gasteiger partial charge in [0.05, 0.1) is 11.1 Å². The predicted octanol–water partition coefficient (Wildman–Crippen LogP) is 5.79. The SMILES string of the molecule is O=C(Nc1nc(-c2ccc(C(F)(F)F)cc2)c(Br)o1)c1ccc(C(F)(F)F)cn1. The summed E-state index contributed by atoms with van der Waals surface area (Å²) in [5.74, 6) is -0.883. The van der Waals surface area contributed by atoms with Gasteiger partial charge in [0.25, 0.3) is 5.91 Å². The number of anilines is 1. The van der Waals surface area contributed by atoms with Crippen LogP contribution in [0.15, 0.2) is 51.7 Å². The summed E-state index contributed by atoms with van der Waals surface area (Å²) in [6.45, 7) is 0. The van der Waals surface area contributed by atoms with Gasteiger partial charge in [0.1, 0.15) is 11.4 Å². The number of halogens is 7. The number of alkyl halides is 6. The van der Waals surface area contributed by atoms with Crippen molar-refractivity contribution in [1.29, 1.82) is 0 Å². The van der Waals surface area contributed by atoms with Crippen molar-refractivity contribution >= 4 is 27.9 Å². The van der Waals surface area contributed by atoms with Gasteiger partial charge in [0, 0.05) is 11.8 Å². The highest BCUT2D eigenvalue weighted by molar-refractivity contribution is 9.10. The molecule has 0 aliphatic carbocycles. The lowest BCUT2D eigenvalue weighted by Gasteiger charge is -2.06. The minimum Gasteiger partial charge on any atom is -0.416 e. The van der Waals surface area contributed by atoms with Crippen molar-refractivity contribution in [2.75, 3.05) is 5.32 Å². The first kappa shape index (κ1) is 20.8. The summed E-state index contributed by atoms with van der Waals surface area (Å²) < 4.78 is 80.7. The van der Waals surface area contributed by atoms with E-state index in [2.05, 4.69) is 31.2 Å². The van der Waals surface area contributed by atoms with E-state index in [1.165, 1.54) is 12.1 Å². The maximum atomic E-state index is 12.6. The van der Waals surface area contributed by atoms with Crippen LogP contribution in [-0.4, -0.2) is 15.9 Å². The number of nitrogens with zero attached hydrogens (tertiary/aromatic N) is 2. The fraction of sp³-hybridized carbons (Fsp3) is 0.118. The van der Waals surface area contributed by atoms with Gasteiger partial charge < -0.3 is 4.42 Å². The summed E-state index contributed by atoms with van der Waals surface area (Å²) >= 11 is 3.05. The Kier molecular flexibility index (Phi) is 5.39. The van der Waals surface area contributed by atoms with Crippen LogP contribution < -0.4 is 5.32 Å². The van der Waals surface area contributed by atoms with Crippen molar-refractivity contribution in [2.45, 2.75) is 12.4 Å². The van der Waals surface area contributed by atoms with E-state index in [0.717, 1.165) is 18.2 Å². The van der Waals surface area contributed by atoms with Crippen molar-refractivity contribution in [1.82, 2.24) is 9.97 Å². The molecule has 2 aromatic heterocycles. The predicted molar refractivity (Wildman–Crippen MR) is 91.8 cm³/mol.